The number of pyridine rings is 1. The maximum atomic E-state index is 12.4. The van der Waals surface area contributed by atoms with Gasteiger partial charge in [0, 0.05) is 27.0 Å². The third-order valence-electron chi connectivity index (χ3n) is 12.3. The van der Waals surface area contributed by atoms with E-state index in [1.54, 1.807) is 6.07 Å². The summed E-state index contributed by atoms with van der Waals surface area (Å²) in [6.07, 6.45) is 1.89. The Balaban J connectivity index is 1.43. The Kier molecular flexibility index (Phi) is 9.94. The Hall–Kier alpha value is -6.26. The third kappa shape index (κ3) is 8.61. The Morgan fingerprint density at radius 2 is 1.11 bits per heavy atom. The molecular formula is C59H63N3O. The van der Waals surface area contributed by atoms with Crippen LogP contribution in [-0.4, -0.2) is 19.6 Å². The van der Waals surface area contributed by atoms with E-state index in [1.807, 2.05) is 71.4 Å². The molecule has 0 saturated carbocycles. The van der Waals surface area contributed by atoms with Gasteiger partial charge < -0.3 is 5.11 Å². The molecule has 2 aromatic heterocycles. The molecule has 0 unspecified atom stereocenters. The molecule has 2 heterocycles. The number of nitrogens with zero attached hydrogens (tertiary/aromatic N) is 3. The van der Waals surface area contributed by atoms with Crippen LogP contribution in [0, 0.1) is 6.85 Å². The number of aromatic nitrogens is 3. The minimum Gasteiger partial charge on any atom is -0.507 e. The highest BCUT2D eigenvalue weighted by atomic mass is 16.3. The van der Waals surface area contributed by atoms with Gasteiger partial charge in [0.1, 0.15) is 11.6 Å². The minimum atomic E-state index is -2.48. The van der Waals surface area contributed by atoms with Crippen molar-refractivity contribution in [3.05, 3.63) is 167 Å². The first kappa shape index (κ1) is 39.6. The molecule has 0 saturated heterocycles. The topological polar surface area (TPSA) is 50.9 Å². The Bertz CT molecular complexity index is 3110. The van der Waals surface area contributed by atoms with Crippen molar-refractivity contribution < 1.29 is 9.22 Å². The monoisotopic (exact) mass is 833 g/mol. The summed E-state index contributed by atoms with van der Waals surface area (Å²) in [7, 11) is 0. The van der Waals surface area contributed by atoms with E-state index < -0.39 is 12.3 Å². The Morgan fingerprint density at radius 3 is 1.79 bits per heavy atom. The van der Waals surface area contributed by atoms with E-state index in [2.05, 4.69) is 150 Å². The number of phenols is 1. The molecule has 1 N–H and O–H groups in total. The molecule has 0 fully saturated rings. The number of phenolic OH excluding ortho intramolecular Hbond substituents is 1. The van der Waals surface area contributed by atoms with Gasteiger partial charge in [-0.1, -0.05) is 168 Å². The van der Waals surface area contributed by atoms with Crippen molar-refractivity contribution in [1.82, 2.24) is 14.5 Å². The normalized spacial score (nSPS) is 13.5. The lowest BCUT2D eigenvalue weighted by atomic mass is 9.79. The molecule has 0 amide bonds. The lowest BCUT2D eigenvalue weighted by molar-refractivity contribution is 0.446. The van der Waals surface area contributed by atoms with Crippen LogP contribution in [0.15, 0.2) is 140 Å². The molecule has 0 bridgehead atoms. The maximum absolute atomic E-state index is 12.4. The number of hydrogen-bond acceptors (Lipinski definition) is 3. The van der Waals surface area contributed by atoms with Gasteiger partial charge in [-0.25, -0.2) is 4.98 Å². The molecule has 4 nitrogen and oxygen atoms in total. The van der Waals surface area contributed by atoms with Crippen LogP contribution < -0.4 is 0 Å². The number of imidazole rings is 1. The zero-order valence-corrected chi connectivity index (χ0v) is 39.1. The van der Waals surface area contributed by atoms with Crippen LogP contribution in [0.25, 0.3) is 72.7 Å². The van der Waals surface area contributed by atoms with Gasteiger partial charge in [0.05, 0.1) is 28.0 Å². The molecule has 0 radical (unpaired) electrons. The minimum absolute atomic E-state index is 0.0125. The number of aromatic hydroxyl groups is 1. The van der Waals surface area contributed by atoms with Crippen molar-refractivity contribution in [3.8, 4) is 67.5 Å². The fourth-order valence-corrected chi connectivity index (χ4v) is 8.40. The smallest absolute Gasteiger partial charge is 0.149 e. The molecule has 63 heavy (non-hydrogen) atoms. The average Bonchev–Trinajstić information content (AvgIpc) is 3.64. The number of hydrogen-bond donors (Lipinski definition) is 1. The van der Waals surface area contributed by atoms with Crippen LogP contribution in [0.2, 0.25) is 0 Å². The number of para-hydroxylation sites is 1. The molecule has 320 valence electrons. The molecule has 4 heteroatoms. The van der Waals surface area contributed by atoms with Crippen LogP contribution in [0.5, 0.6) is 5.75 Å². The fraction of sp³-hybridized carbons (Fsp3) is 0.288. The molecule has 0 spiro atoms. The van der Waals surface area contributed by atoms with Crippen molar-refractivity contribution in [3.63, 3.8) is 0 Å². The Labute approximate surface area is 380 Å². The van der Waals surface area contributed by atoms with E-state index in [4.69, 9.17) is 14.1 Å². The van der Waals surface area contributed by atoms with E-state index in [1.165, 1.54) is 5.56 Å². The summed E-state index contributed by atoms with van der Waals surface area (Å²) in [6, 6.07) is 45.4. The largest absolute Gasteiger partial charge is 0.507 e. The lowest BCUT2D eigenvalue weighted by Crippen LogP contribution is -2.17. The van der Waals surface area contributed by atoms with E-state index >= 15 is 0 Å². The van der Waals surface area contributed by atoms with Crippen molar-refractivity contribution in [2.75, 3.05) is 0 Å². The molecule has 0 atom stereocenters. The van der Waals surface area contributed by atoms with Gasteiger partial charge >= 0.3 is 0 Å². The summed E-state index contributed by atoms with van der Waals surface area (Å²) in [5, 5.41) is 12.4. The first-order valence-electron chi connectivity index (χ1n) is 23.6. The van der Waals surface area contributed by atoms with Crippen LogP contribution in [0.3, 0.4) is 0 Å². The molecule has 8 rings (SSSR count). The van der Waals surface area contributed by atoms with Gasteiger partial charge in [0.25, 0.3) is 0 Å². The van der Waals surface area contributed by atoms with E-state index in [9.17, 15) is 5.11 Å². The van der Waals surface area contributed by atoms with Gasteiger partial charge in [-0.3, -0.25) is 9.55 Å². The van der Waals surface area contributed by atoms with Crippen molar-refractivity contribution >= 4 is 11.0 Å². The van der Waals surface area contributed by atoms with Gasteiger partial charge in [-0.05, 0) is 127 Å². The van der Waals surface area contributed by atoms with Gasteiger partial charge in [0.2, 0.25) is 0 Å². The van der Waals surface area contributed by atoms with E-state index in [0.717, 1.165) is 66.8 Å². The number of rotatable bonds is 6. The second-order valence-corrected chi connectivity index (χ2v) is 21.3. The quantitative estimate of drug-likeness (QED) is 0.182. The molecule has 6 aromatic carbocycles. The van der Waals surface area contributed by atoms with Crippen molar-refractivity contribution in [1.29, 1.82) is 0 Å². The predicted octanol–water partition coefficient (Wildman–Crippen LogP) is 16.0. The first-order chi connectivity index (χ1) is 30.8. The third-order valence-corrected chi connectivity index (χ3v) is 12.3. The summed E-state index contributed by atoms with van der Waals surface area (Å²) in [4.78, 5) is 10.5. The summed E-state index contributed by atoms with van der Waals surface area (Å²) in [6.45, 7) is 23.7. The lowest BCUT2D eigenvalue weighted by Gasteiger charge is -2.27. The summed E-state index contributed by atoms with van der Waals surface area (Å²) >= 11 is 0. The number of benzene rings is 6. The molecule has 0 aliphatic rings. The van der Waals surface area contributed by atoms with Crippen LogP contribution in [0.1, 0.15) is 115 Å². The Morgan fingerprint density at radius 1 is 0.492 bits per heavy atom. The highest BCUT2D eigenvalue weighted by Gasteiger charge is 2.29. The second kappa shape index (κ2) is 15.8. The summed E-state index contributed by atoms with van der Waals surface area (Å²) < 4.78 is 28.8. The standard InChI is InChI=1S/C59H63N3O/c1-37-29-40(38-19-15-14-16-20-38)25-26-51(37)62-52-24-18-23-47(53(52)61-55(62)48-35-46(58(8,9)10)36-49(54(48)63)59(11,12)13)42-30-43(33-45(32-42)57(5,6)7)50-34-41(27-28-60-50)39-21-17-22-44(31-39)56(2,3)4/h14-36,63H,1-13H3/i1D3. The zero-order chi connectivity index (χ0) is 47.7. The highest BCUT2D eigenvalue weighted by Crippen LogP contribution is 2.45. The number of fused-ring (bicyclic) bond motifs is 1. The van der Waals surface area contributed by atoms with Crippen molar-refractivity contribution in [2.45, 2.75) is 112 Å². The first-order valence-corrected chi connectivity index (χ1v) is 22.1. The SMILES string of the molecule is [2H]C([2H])([2H])c1cc(-c2ccccc2)ccc1-n1c(-c2cc(C(C)(C)C)cc(C(C)(C)C)c2O)nc2c(-c3cc(-c4cc(-c5cccc(C(C)(C)C)c5)ccn4)cc(C(C)(C)C)c3)cccc21. The van der Waals surface area contributed by atoms with E-state index in [-0.39, 0.29) is 27.6 Å². The summed E-state index contributed by atoms with van der Waals surface area (Å²) in [5.41, 5.74) is 13.6. The molecule has 0 aliphatic heterocycles. The fourth-order valence-electron chi connectivity index (χ4n) is 8.40. The maximum Gasteiger partial charge on any atom is 0.149 e. The van der Waals surface area contributed by atoms with Crippen molar-refractivity contribution in [2.24, 2.45) is 0 Å². The van der Waals surface area contributed by atoms with E-state index in [0.29, 0.717) is 22.6 Å². The molecule has 0 aliphatic carbocycles. The van der Waals surface area contributed by atoms with Crippen LogP contribution in [-0.2, 0) is 21.7 Å². The van der Waals surface area contributed by atoms with Crippen LogP contribution >= 0.6 is 0 Å². The zero-order valence-electron chi connectivity index (χ0n) is 42.1. The average molecular weight is 833 g/mol. The second-order valence-electron chi connectivity index (χ2n) is 21.3. The number of aryl methyl sites for hydroxylation is 1. The van der Waals surface area contributed by atoms with Gasteiger partial charge in [-0.15, -0.1) is 0 Å². The predicted molar refractivity (Wildman–Crippen MR) is 267 cm³/mol. The molecular weight excluding hydrogens is 767 g/mol. The van der Waals surface area contributed by atoms with Gasteiger partial charge in [0.15, 0.2) is 0 Å². The van der Waals surface area contributed by atoms with Gasteiger partial charge in [-0.2, -0.15) is 0 Å². The molecule has 8 aromatic rings. The van der Waals surface area contributed by atoms with Crippen LogP contribution in [0.4, 0.5) is 0 Å². The summed E-state index contributed by atoms with van der Waals surface area (Å²) in [5.74, 6) is 0.588. The highest BCUT2D eigenvalue weighted by molar-refractivity contribution is 5.97.